The van der Waals surface area contributed by atoms with Gasteiger partial charge in [0.05, 0.1) is 12.2 Å². The number of nitrogens with zero attached hydrogens (tertiary/aromatic N) is 6. The summed E-state index contributed by atoms with van der Waals surface area (Å²) in [4.78, 5) is 14.0. The minimum atomic E-state index is -0.634. The fourth-order valence-corrected chi connectivity index (χ4v) is 4.33. The zero-order chi connectivity index (χ0) is 24.2. The van der Waals surface area contributed by atoms with Crippen molar-refractivity contribution in [3.8, 4) is 17.3 Å². The number of amides is 1. The summed E-state index contributed by atoms with van der Waals surface area (Å²) in [6, 6.07) is 3.32. The number of piperidine rings is 1. The summed E-state index contributed by atoms with van der Waals surface area (Å²) >= 11 is 0. The highest BCUT2D eigenvalue weighted by Gasteiger charge is 2.30. The van der Waals surface area contributed by atoms with Gasteiger partial charge in [0.25, 0.3) is 0 Å². The van der Waals surface area contributed by atoms with E-state index in [4.69, 9.17) is 15.2 Å². The zero-order valence-electron chi connectivity index (χ0n) is 20.2. The van der Waals surface area contributed by atoms with Crippen molar-refractivity contribution in [2.24, 2.45) is 0 Å². The first-order valence-electron chi connectivity index (χ1n) is 11.5. The van der Waals surface area contributed by atoms with Gasteiger partial charge in [-0.15, -0.1) is 0 Å². The van der Waals surface area contributed by atoms with Gasteiger partial charge in [-0.05, 0) is 39.7 Å². The van der Waals surface area contributed by atoms with Crippen molar-refractivity contribution in [1.29, 1.82) is 5.26 Å². The molecule has 1 aliphatic heterocycles. The normalized spacial score (nSPS) is 15.1. The number of hydrogen-bond donors (Lipinski definition) is 1. The third kappa shape index (κ3) is 6.36. The van der Waals surface area contributed by atoms with Crippen LogP contribution in [0.5, 0.6) is 0 Å². The van der Waals surface area contributed by atoms with Crippen molar-refractivity contribution in [2.45, 2.75) is 71.1 Å². The molecule has 1 fully saturated rings. The maximum atomic E-state index is 12.3. The smallest absolute Gasteiger partial charge is 0.410 e. The number of anilines is 1. The number of carbonyl (C=O) groups is 1. The van der Waals surface area contributed by atoms with Crippen molar-refractivity contribution >= 4 is 20.7 Å². The van der Waals surface area contributed by atoms with Crippen LogP contribution in [-0.4, -0.2) is 64.6 Å². The van der Waals surface area contributed by atoms with Crippen LogP contribution in [0.1, 0.15) is 45.2 Å². The van der Waals surface area contributed by atoms with Gasteiger partial charge in [-0.25, -0.2) is 14.2 Å². The largest absolute Gasteiger partial charge is 0.444 e. The maximum Gasteiger partial charge on any atom is 0.410 e. The Bertz CT molecular complexity index is 995. The van der Waals surface area contributed by atoms with E-state index in [2.05, 4.69) is 29.4 Å². The molecular weight excluding hydrogens is 438 g/mol. The Kier molecular flexibility index (Phi) is 7.81. The van der Waals surface area contributed by atoms with Crippen LogP contribution in [-0.2, 0) is 16.2 Å². The molecule has 0 aromatic carbocycles. The monoisotopic (exact) mass is 473 g/mol. The quantitative estimate of drug-likeness (QED) is 0.483. The van der Waals surface area contributed by atoms with Crippen molar-refractivity contribution in [1.82, 2.24) is 24.5 Å². The van der Waals surface area contributed by atoms with Gasteiger partial charge in [0.2, 0.25) is 0 Å². The van der Waals surface area contributed by atoms with E-state index in [0.717, 1.165) is 18.2 Å². The molecule has 180 valence electrons. The fraction of sp³-hybridized carbons (Fsp3) is 0.636. The number of rotatable bonds is 7. The molecule has 33 heavy (non-hydrogen) atoms. The van der Waals surface area contributed by atoms with E-state index in [0.29, 0.717) is 49.7 Å². The van der Waals surface area contributed by atoms with Crippen LogP contribution in [0.2, 0.25) is 19.1 Å². The van der Waals surface area contributed by atoms with Gasteiger partial charge in [0.1, 0.15) is 35.5 Å². The van der Waals surface area contributed by atoms with Gasteiger partial charge in [-0.3, -0.25) is 0 Å². The van der Waals surface area contributed by atoms with Gasteiger partial charge in [-0.2, -0.15) is 15.5 Å². The summed E-state index contributed by atoms with van der Waals surface area (Å²) in [6.45, 7) is 12.3. The maximum absolute atomic E-state index is 12.3. The number of aromatic nitrogens is 4. The number of nitrogen functional groups attached to an aromatic ring is 1. The molecule has 2 aromatic rings. The summed E-state index contributed by atoms with van der Waals surface area (Å²) in [6.07, 6.45) is 4.56. The second-order valence-electron chi connectivity index (χ2n) is 9.85. The molecule has 0 radical (unpaired) electrons. The van der Waals surface area contributed by atoms with E-state index in [1.54, 1.807) is 20.5 Å². The van der Waals surface area contributed by atoms with Crippen LogP contribution in [0, 0.1) is 11.3 Å². The van der Waals surface area contributed by atoms with Gasteiger partial charge in [0.15, 0.2) is 0 Å². The predicted molar refractivity (Wildman–Crippen MR) is 128 cm³/mol. The molecule has 0 unspecified atom stereocenters. The van der Waals surface area contributed by atoms with Gasteiger partial charge >= 0.3 is 6.09 Å². The Morgan fingerprint density at radius 1 is 1.33 bits per heavy atom. The highest BCUT2D eigenvalue weighted by molar-refractivity contribution is 6.55. The van der Waals surface area contributed by atoms with Crippen molar-refractivity contribution < 1.29 is 14.3 Å². The second-order valence-corrected chi connectivity index (χ2v) is 13.2. The van der Waals surface area contributed by atoms with Crippen molar-refractivity contribution in [2.75, 3.05) is 25.4 Å². The minimum absolute atomic E-state index is 0.00288. The molecule has 1 aliphatic rings. The van der Waals surface area contributed by atoms with E-state index in [1.807, 2.05) is 27.0 Å². The molecule has 1 amide bonds. The van der Waals surface area contributed by atoms with Crippen molar-refractivity contribution in [3.63, 3.8) is 0 Å². The van der Waals surface area contributed by atoms with E-state index in [1.165, 1.54) is 0 Å². The van der Waals surface area contributed by atoms with Gasteiger partial charge in [0, 0.05) is 40.3 Å². The predicted octanol–water partition coefficient (Wildman–Crippen LogP) is 3.23. The molecule has 1 saturated heterocycles. The Labute approximate surface area is 196 Å². The summed E-state index contributed by atoms with van der Waals surface area (Å²) in [7, 11) is -0.634. The first-order valence-corrected chi connectivity index (χ1v) is 14.6. The second kappa shape index (κ2) is 10.4. The molecule has 2 aromatic heterocycles. The van der Waals surface area contributed by atoms with E-state index >= 15 is 0 Å². The highest BCUT2D eigenvalue weighted by atomic mass is 28.3. The molecule has 11 heteroatoms. The molecule has 0 atom stereocenters. The summed E-state index contributed by atoms with van der Waals surface area (Å²) in [5, 5.41) is 18.7. The number of hydrogen-bond acceptors (Lipinski definition) is 7. The van der Waals surface area contributed by atoms with Gasteiger partial charge in [-0.1, -0.05) is 13.1 Å². The van der Waals surface area contributed by atoms with E-state index < -0.39 is 14.4 Å². The summed E-state index contributed by atoms with van der Waals surface area (Å²) in [5.41, 5.74) is 7.38. The molecule has 2 N–H and O–H groups in total. The minimum Gasteiger partial charge on any atom is -0.444 e. The van der Waals surface area contributed by atoms with Crippen LogP contribution < -0.4 is 5.73 Å². The van der Waals surface area contributed by atoms with Crippen LogP contribution in [0.4, 0.5) is 10.6 Å². The lowest BCUT2D eigenvalue weighted by Gasteiger charge is -2.33. The van der Waals surface area contributed by atoms with Crippen LogP contribution >= 0.6 is 0 Å². The van der Waals surface area contributed by atoms with Crippen LogP contribution in [0.3, 0.4) is 0 Å². The molecule has 3 heterocycles. The molecular formula is C22H35N7O3Si. The Morgan fingerprint density at radius 2 is 2.03 bits per heavy atom. The van der Waals surface area contributed by atoms with E-state index in [-0.39, 0.29) is 12.1 Å². The molecule has 10 nitrogen and oxygen atoms in total. The van der Waals surface area contributed by atoms with Crippen molar-refractivity contribution in [3.05, 3.63) is 18.0 Å². The number of nitriles is 1. The highest BCUT2D eigenvalue weighted by Crippen LogP contribution is 2.32. The number of ether oxygens (including phenoxy) is 2. The lowest BCUT2D eigenvalue weighted by molar-refractivity contribution is 0.0185. The Morgan fingerprint density at radius 3 is 2.64 bits per heavy atom. The average Bonchev–Trinajstić information content (AvgIpc) is 3.34. The number of likely N-dealkylation sites (tertiary alicyclic amines) is 1. The SMILES string of the molecule is C[SiH](C)CCOCn1cc(-c2nn(C3CCN(C(=O)OC(C)(C)C)CC3)c(N)c2C#N)cn1. The Balaban J connectivity index is 1.68. The first-order chi connectivity index (χ1) is 15.6. The standard InChI is InChI=1S/C22H35N7O3Si/c1-22(2,3)32-21(30)27-8-6-17(7-9-27)29-20(24)18(12-23)19(26-29)16-13-25-28(14-16)15-31-10-11-33(4)5/h13-14,17,33H,6-11,15,24H2,1-5H3. The lowest BCUT2D eigenvalue weighted by Crippen LogP contribution is -2.42. The molecule has 0 bridgehead atoms. The van der Waals surface area contributed by atoms with Crippen LogP contribution in [0.15, 0.2) is 12.4 Å². The first kappa shape index (κ1) is 24.8. The third-order valence-corrected chi connectivity index (χ3v) is 6.88. The number of carbonyl (C=O) groups excluding carboxylic acids is 1. The van der Waals surface area contributed by atoms with Gasteiger partial charge < -0.3 is 20.1 Å². The average molecular weight is 474 g/mol. The third-order valence-electron chi connectivity index (χ3n) is 5.49. The number of nitrogens with two attached hydrogens (primary N) is 1. The summed E-state index contributed by atoms with van der Waals surface area (Å²) < 4.78 is 14.6. The molecule has 0 spiro atoms. The fourth-order valence-electron chi connectivity index (χ4n) is 3.69. The lowest BCUT2D eigenvalue weighted by atomic mass is 10.1. The molecule has 0 aliphatic carbocycles. The van der Waals surface area contributed by atoms with Crippen LogP contribution in [0.25, 0.3) is 11.3 Å². The zero-order valence-corrected chi connectivity index (χ0v) is 21.4. The van der Waals surface area contributed by atoms with E-state index in [9.17, 15) is 10.1 Å². The molecule has 3 rings (SSSR count). The Hall–Kier alpha value is -2.84. The topological polar surface area (TPSA) is 124 Å². The summed E-state index contributed by atoms with van der Waals surface area (Å²) in [5.74, 6) is 0.342. The molecule has 0 saturated carbocycles.